The summed E-state index contributed by atoms with van der Waals surface area (Å²) in [5, 5.41) is 3.51. The average Bonchev–Trinajstić information content (AvgIpc) is 2.56. The summed E-state index contributed by atoms with van der Waals surface area (Å²) in [4.78, 5) is 12.0. The predicted octanol–water partition coefficient (Wildman–Crippen LogP) is 4.30. The first-order chi connectivity index (χ1) is 11.5. The van der Waals surface area contributed by atoms with Crippen LogP contribution in [0.2, 0.25) is 5.02 Å². The number of halogens is 2. The van der Waals surface area contributed by atoms with Crippen LogP contribution in [0.4, 0.5) is 4.39 Å². The van der Waals surface area contributed by atoms with Crippen LogP contribution in [0.1, 0.15) is 24.5 Å². The summed E-state index contributed by atoms with van der Waals surface area (Å²) in [6.07, 6.45) is 0.979. The summed E-state index contributed by atoms with van der Waals surface area (Å²) < 4.78 is 18.4. The van der Waals surface area contributed by atoms with Gasteiger partial charge in [-0.3, -0.25) is 4.79 Å². The van der Waals surface area contributed by atoms with Gasteiger partial charge in [0.05, 0.1) is 0 Å². The van der Waals surface area contributed by atoms with E-state index in [1.807, 2.05) is 6.92 Å². The zero-order valence-corrected chi connectivity index (χ0v) is 14.6. The number of carbonyl (C=O) groups excluding carboxylic acids is 1. The maximum Gasteiger partial charge on any atom is 0.260 e. The smallest absolute Gasteiger partial charge is 0.260 e. The molecule has 0 aromatic heterocycles. The monoisotopic (exact) mass is 349 g/mol. The Labute approximate surface area is 146 Å². The molecule has 0 aliphatic heterocycles. The van der Waals surface area contributed by atoms with E-state index in [9.17, 15) is 9.18 Å². The number of aryl methyl sites for hydroxylation is 2. The molecule has 1 N–H and O–H groups in total. The van der Waals surface area contributed by atoms with Crippen molar-refractivity contribution in [1.29, 1.82) is 0 Å². The van der Waals surface area contributed by atoms with Crippen molar-refractivity contribution in [3.05, 3.63) is 64.4 Å². The number of nitrogens with one attached hydrogen (secondary N) is 1. The van der Waals surface area contributed by atoms with Crippen molar-refractivity contribution < 1.29 is 13.9 Å². The van der Waals surface area contributed by atoms with Crippen LogP contribution in [-0.4, -0.2) is 18.6 Å². The van der Waals surface area contributed by atoms with Gasteiger partial charge in [-0.1, -0.05) is 23.7 Å². The number of carbonyl (C=O) groups is 1. The minimum Gasteiger partial charge on any atom is -0.481 e. The number of hydrogen-bond acceptors (Lipinski definition) is 2. The van der Waals surface area contributed by atoms with Crippen molar-refractivity contribution in [2.24, 2.45) is 0 Å². The Kier molecular flexibility index (Phi) is 6.62. The molecule has 2 rings (SSSR count). The molecule has 0 saturated heterocycles. The molecule has 3 nitrogen and oxygen atoms in total. The SMILES string of the molecule is Cc1cc(O[C@@H](C)C(=O)NCCCc2ccc(F)cc2)ccc1Cl. The second-order valence-corrected chi connectivity index (χ2v) is 6.10. The molecule has 0 heterocycles. The van der Waals surface area contributed by atoms with Crippen molar-refractivity contribution in [3.63, 3.8) is 0 Å². The molecule has 0 unspecified atom stereocenters. The van der Waals surface area contributed by atoms with Gasteiger partial charge < -0.3 is 10.1 Å². The quantitative estimate of drug-likeness (QED) is 0.757. The molecule has 1 atom stereocenters. The van der Waals surface area contributed by atoms with E-state index in [2.05, 4.69) is 5.32 Å². The van der Waals surface area contributed by atoms with E-state index in [1.165, 1.54) is 12.1 Å². The van der Waals surface area contributed by atoms with Gasteiger partial charge in [0.15, 0.2) is 6.10 Å². The first-order valence-electron chi connectivity index (χ1n) is 7.90. The Balaban J connectivity index is 1.73. The number of hydrogen-bond donors (Lipinski definition) is 1. The molecule has 2 aromatic carbocycles. The van der Waals surface area contributed by atoms with Crippen molar-refractivity contribution in [3.8, 4) is 5.75 Å². The maximum atomic E-state index is 12.8. The zero-order chi connectivity index (χ0) is 17.5. The Hall–Kier alpha value is -2.07. The van der Waals surface area contributed by atoms with Gasteiger partial charge in [0.25, 0.3) is 5.91 Å². The Morgan fingerprint density at radius 3 is 2.62 bits per heavy atom. The molecule has 128 valence electrons. The van der Waals surface area contributed by atoms with E-state index in [0.717, 1.165) is 24.0 Å². The topological polar surface area (TPSA) is 38.3 Å². The predicted molar refractivity (Wildman–Crippen MR) is 94.0 cm³/mol. The third-order valence-corrected chi connectivity index (χ3v) is 4.09. The molecular weight excluding hydrogens is 329 g/mol. The number of ether oxygens (including phenoxy) is 1. The third kappa shape index (κ3) is 5.53. The molecule has 0 fully saturated rings. The van der Waals surface area contributed by atoms with Gasteiger partial charge in [-0.05, 0) is 68.1 Å². The van der Waals surface area contributed by atoms with Crippen molar-refractivity contribution in [1.82, 2.24) is 5.32 Å². The molecule has 1 amide bonds. The highest BCUT2D eigenvalue weighted by molar-refractivity contribution is 6.31. The standard InChI is InChI=1S/C19H21ClFNO2/c1-13-12-17(9-10-18(13)20)24-14(2)19(23)22-11-3-4-15-5-7-16(21)8-6-15/h5-10,12,14H,3-4,11H2,1-2H3,(H,22,23)/t14-/m0/s1. The molecule has 0 saturated carbocycles. The molecule has 0 radical (unpaired) electrons. The molecule has 2 aromatic rings. The fraction of sp³-hybridized carbons (Fsp3) is 0.316. The highest BCUT2D eigenvalue weighted by atomic mass is 35.5. The van der Waals surface area contributed by atoms with Gasteiger partial charge in [-0.15, -0.1) is 0 Å². The van der Waals surface area contributed by atoms with E-state index < -0.39 is 6.10 Å². The second-order valence-electron chi connectivity index (χ2n) is 5.69. The van der Waals surface area contributed by atoms with E-state index in [-0.39, 0.29) is 11.7 Å². The van der Waals surface area contributed by atoms with Crippen LogP contribution in [-0.2, 0) is 11.2 Å². The highest BCUT2D eigenvalue weighted by Crippen LogP contribution is 2.21. The Morgan fingerprint density at radius 2 is 1.96 bits per heavy atom. The first kappa shape index (κ1) is 18.3. The highest BCUT2D eigenvalue weighted by Gasteiger charge is 2.14. The van der Waals surface area contributed by atoms with Gasteiger partial charge in [0, 0.05) is 11.6 Å². The molecule has 0 aliphatic rings. The van der Waals surface area contributed by atoms with Crippen LogP contribution >= 0.6 is 11.6 Å². The molecule has 24 heavy (non-hydrogen) atoms. The second kappa shape index (κ2) is 8.69. The maximum absolute atomic E-state index is 12.8. The minimum absolute atomic E-state index is 0.165. The summed E-state index contributed by atoms with van der Waals surface area (Å²) in [6.45, 7) is 4.14. The van der Waals surface area contributed by atoms with Crippen LogP contribution in [0.5, 0.6) is 5.75 Å². The fourth-order valence-corrected chi connectivity index (χ4v) is 2.36. The molecular formula is C19H21ClFNO2. The van der Waals surface area contributed by atoms with E-state index >= 15 is 0 Å². The summed E-state index contributed by atoms with van der Waals surface area (Å²) in [6, 6.07) is 11.7. The van der Waals surface area contributed by atoms with Gasteiger partial charge >= 0.3 is 0 Å². The lowest BCUT2D eigenvalue weighted by Gasteiger charge is -2.15. The summed E-state index contributed by atoms with van der Waals surface area (Å²) in [7, 11) is 0. The molecule has 0 spiro atoms. The van der Waals surface area contributed by atoms with Crippen LogP contribution in [0.3, 0.4) is 0 Å². The van der Waals surface area contributed by atoms with Gasteiger partial charge in [-0.25, -0.2) is 4.39 Å². The largest absolute Gasteiger partial charge is 0.481 e. The van der Waals surface area contributed by atoms with E-state index in [1.54, 1.807) is 37.3 Å². The Bertz CT molecular complexity index is 688. The summed E-state index contributed by atoms with van der Waals surface area (Å²) in [5.74, 6) is 0.211. The molecule has 5 heteroatoms. The van der Waals surface area contributed by atoms with Crippen molar-refractivity contribution >= 4 is 17.5 Å². The first-order valence-corrected chi connectivity index (χ1v) is 8.28. The van der Waals surface area contributed by atoms with Gasteiger partial charge in [0.1, 0.15) is 11.6 Å². The number of benzene rings is 2. The van der Waals surface area contributed by atoms with E-state index in [4.69, 9.17) is 16.3 Å². The molecule has 0 aliphatic carbocycles. The van der Waals surface area contributed by atoms with Crippen molar-refractivity contribution in [2.75, 3.05) is 6.54 Å². The lowest BCUT2D eigenvalue weighted by Crippen LogP contribution is -2.36. The van der Waals surface area contributed by atoms with Crippen LogP contribution in [0, 0.1) is 12.7 Å². The van der Waals surface area contributed by atoms with Crippen LogP contribution in [0.15, 0.2) is 42.5 Å². The van der Waals surface area contributed by atoms with Crippen molar-refractivity contribution in [2.45, 2.75) is 32.8 Å². The van der Waals surface area contributed by atoms with Gasteiger partial charge in [-0.2, -0.15) is 0 Å². The lowest BCUT2D eigenvalue weighted by atomic mass is 10.1. The third-order valence-electron chi connectivity index (χ3n) is 3.67. The summed E-state index contributed by atoms with van der Waals surface area (Å²) >= 11 is 5.97. The summed E-state index contributed by atoms with van der Waals surface area (Å²) in [5.41, 5.74) is 1.95. The van der Waals surface area contributed by atoms with E-state index in [0.29, 0.717) is 17.3 Å². The van der Waals surface area contributed by atoms with Crippen LogP contribution in [0.25, 0.3) is 0 Å². The fourth-order valence-electron chi connectivity index (χ4n) is 2.25. The minimum atomic E-state index is -0.587. The zero-order valence-electron chi connectivity index (χ0n) is 13.8. The number of rotatable bonds is 7. The average molecular weight is 350 g/mol. The Morgan fingerprint density at radius 1 is 1.25 bits per heavy atom. The van der Waals surface area contributed by atoms with Gasteiger partial charge in [0.2, 0.25) is 0 Å². The lowest BCUT2D eigenvalue weighted by molar-refractivity contribution is -0.127. The number of amides is 1. The molecule has 0 bridgehead atoms. The van der Waals surface area contributed by atoms with Crippen LogP contribution < -0.4 is 10.1 Å². The normalized spacial score (nSPS) is 11.8.